The van der Waals surface area contributed by atoms with Gasteiger partial charge < -0.3 is 21.5 Å². The lowest BCUT2D eigenvalue weighted by atomic mass is 9.95. The van der Waals surface area contributed by atoms with Gasteiger partial charge in [0.1, 0.15) is 6.04 Å². The molecular weight excluding hydrogens is 420 g/mol. The van der Waals surface area contributed by atoms with Crippen LogP contribution in [0.3, 0.4) is 0 Å². The maximum atomic E-state index is 13.2. The number of carbonyl (C=O) groups excluding carboxylic acids is 1. The molecule has 1 amide bonds. The highest BCUT2D eigenvalue weighted by molar-refractivity contribution is 7.98. The SMILES string of the molecule is CC[C@H]1CCN(C[C@@H](NC[C@@H](N)CS)[C@@H](C)CC)[C@@H]1C(=O)N[C@@H](CCSC)C(=O)O. The van der Waals surface area contributed by atoms with Crippen LogP contribution in [0.1, 0.15) is 46.5 Å². The van der Waals surface area contributed by atoms with Gasteiger partial charge in [-0.15, -0.1) is 0 Å². The zero-order chi connectivity index (χ0) is 22.7. The summed E-state index contributed by atoms with van der Waals surface area (Å²) in [6.07, 6.45) is 5.27. The molecule has 1 saturated heterocycles. The van der Waals surface area contributed by atoms with Crippen molar-refractivity contribution < 1.29 is 14.7 Å². The number of thiol groups is 1. The van der Waals surface area contributed by atoms with Crippen LogP contribution in [0, 0.1) is 11.8 Å². The Hall–Kier alpha value is -0.480. The Morgan fingerprint density at radius 1 is 1.37 bits per heavy atom. The minimum absolute atomic E-state index is 0.00582. The average molecular weight is 463 g/mol. The predicted octanol–water partition coefficient (Wildman–Crippen LogP) is 1.67. The zero-order valence-electron chi connectivity index (χ0n) is 19.0. The van der Waals surface area contributed by atoms with Gasteiger partial charge >= 0.3 is 5.97 Å². The van der Waals surface area contributed by atoms with E-state index in [2.05, 4.69) is 48.9 Å². The number of amides is 1. The highest BCUT2D eigenvalue weighted by atomic mass is 32.2. The van der Waals surface area contributed by atoms with Crippen LogP contribution in [0.25, 0.3) is 0 Å². The van der Waals surface area contributed by atoms with Crippen LogP contribution in [-0.4, -0.2) is 83.4 Å². The van der Waals surface area contributed by atoms with Crippen LogP contribution in [-0.2, 0) is 9.59 Å². The molecule has 5 N–H and O–H groups in total. The number of aliphatic carboxylic acids is 1. The number of nitrogens with zero attached hydrogens (tertiary/aromatic N) is 1. The van der Waals surface area contributed by atoms with E-state index < -0.39 is 12.0 Å². The molecule has 1 aliphatic heterocycles. The molecule has 0 unspecified atom stereocenters. The molecule has 7 nitrogen and oxygen atoms in total. The van der Waals surface area contributed by atoms with Crippen molar-refractivity contribution in [3.63, 3.8) is 0 Å². The number of carbonyl (C=O) groups is 2. The van der Waals surface area contributed by atoms with Gasteiger partial charge in [-0.25, -0.2) is 4.79 Å². The minimum atomic E-state index is -0.963. The second-order valence-electron chi connectivity index (χ2n) is 8.42. The van der Waals surface area contributed by atoms with Crippen LogP contribution in [0.15, 0.2) is 0 Å². The number of nitrogens with one attached hydrogen (secondary N) is 2. The van der Waals surface area contributed by atoms with Gasteiger partial charge in [0.2, 0.25) is 5.91 Å². The number of carboxylic acids is 1. The molecule has 6 atom stereocenters. The summed E-state index contributed by atoms with van der Waals surface area (Å²) < 4.78 is 0. The maximum absolute atomic E-state index is 13.2. The van der Waals surface area contributed by atoms with E-state index in [0.29, 0.717) is 30.4 Å². The lowest BCUT2D eigenvalue weighted by molar-refractivity contribution is -0.142. The molecule has 0 aromatic rings. The molecular formula is C21H42N4O3S2. The molecule has 0 saturated carbocycles. The highest BCUT2D eigenvalue weighted by Gasteiger charge is 2.40. The van der Waals surface area contributed by atoms with Gasteiger partial charge in [0.05, 0.1) is 6.04 Å². The molecule has 1 aliphatic rings. The summed E-state index contributed by atoms with van der Waals surface area (Å²) in [6.45, 7) is 8.79. The minimum Gasteiger partial charge on any atom is -0.480 e. The van der Waals surface area contributed by atoms with E-state index in [1.165, 1.54) is 0 Å². The monoisotopic (exact) mass is 462 g/mol. The Labute approximate surface area is 192 Å². The molecule has 9 heteroatoms. The molecule has 0 radical (unpaired) electrons. The van der Waals surface area contributed by atoms with Gasteiger partial charge in [0.15, 0.2) is 0 Å². The Morgan fingerprint density at radius 2 is 2.07 bits per heavy atom. The van der Waals surface area contributed by atoms with Crippen molar-refractivity contribution in [2.24, 2.45) is 17.6 Å². The smallest absolute Gasteiger partial charge is 0.326 e. The maximum Gasteiger partial charge on any atom is 0.326 e. The van der Waals surface area contributed by atoms with Crippen LogP contribution >= 0.6 is 24.4 Å². The zero-order valence-corrected chi connectivity index (χ0v) is 20.7. The van der Waals surface area contributed by atoms with E-state index in [1.54, 1.807) is 11.8 Å². The van der Waals surface area contributed by atoms with E-state index in [0.717, 1.165) is 32.4 Å². The molecule has 0 aliphatic carbocycles. The van der Waals surface area contributed by atoms with Crippen LogP contribution < -0.4 is 16.4 Å². The largest absolute Gasteiger partial charge is 0.480 e. The van der Waals surface area contributed by atoms with Crippen molar-refractivity contribution in [2.75, 3.05) is 37.4 Å². The quantitative estimate of drug-likeness (QED) is 0.236. The van der Waals surface area contributed by atoms with Crippen LogP contribution in [0.2, 0.25) is 0 Å². The van der Waals surface area contributed by atoms with Crippen LogP contribution in [0.5, 0.6) is 0 Å². The number of hydrogen-bond acceptors (Lipinski definition) is 7. The van der Waals surface area contributed by atoms with Crippen LogP contribution in [0.4, 0.5) is 0 Å². The van der Waals surface area contributed by atoms with Gasteiger partial charge in [-0.05, 0) is 43.2 Å². The molecule has 1 heterocycles. The summed E-state index contributed by atoms with van der Waals surface area (Å²) in [4.78, 5) is 27.0. The van der Waals surface area contributed by atoms with Gasteiger partial charge in [-0.2, -0.15) is 24.4 Å². The van der Waals surface area contributed by atoms with Crippen molar-refractivity contribution >= 4 is 36.3 Å². The number of rotatable bonds is 15. The number of carboxylic acid groups (broad SMARTS) is 1. The summed E-state index contributed by atoms with van der Waals surface area (Å²) >= 11 is 5.86. The van der Waals surface area contributed by atoms with Gasteiger partial charge in [0, 0.05) is 30.9 Å². The van der Waals surface area contributed by atoms with Crippen molar-refractivity contribution in [3.05, 3.63) is 0 Å². The molecule has 1 rings (SSSR count). The first kappa shape index (κ1) is 27.6. The molecule has 0 spiro atoms. The van der Waals surface area contributed by atoms with E-state index in [-0.39, 0.29) is 30.0 Å². The lowest BCUT2D eigenvalue weighted by Crippen LogP contribution is -2.55. The van der Waals surface area contributed by atoms with Gasteiger partial charge in [-0.1, -0.05) is 33.6 Å². The van der Waals surface area contributed by atoms with Gasteiger partial charge in [0.25, 0.3) is 0 Å². The first-order valence-electron chi connectivity index (χ1n) is 11.1. The third-order valence-corrected chi connectivity index (χ3v) is 7.40. The summed E-state index contributed by atoms with van der Waals surface area (Å²) in [5.41, 5.74) is 6.04. The molecule has 176 valence electrons. The summed E-state index contributed by atoms with van der Waals surface area (Å²) in [7, 11) is 0. The second kappa shape index (κ2) is 14.6. The molecule has 0 bridgehead atoms. The Bertz CT molecular complexity index is 526. The third-order valence-electron chi connectivity index (χ3n) is 6.28. The summed E-state index contributed by atoms with van der Waals surface area (Å²) in [5, 5.41) is 15.9. The van der Waals surface area contributed by atoms with E-state index >= 15 is 0 Å². The molecule has 30 heavy (non-hydrogen) atoms. The first-order valence-corrected chi connectivity index (χ1v) is 13.2. The topological polar surface area (TPSA) is 108 Å². The summed E-state index contributed by atoms with van der Waals surface area (Å²) in [6, 6.07) is -0.896. The second-order valence-corrected chi connectivity index (χ2v) is 9.77. The highest BCUT2D eigenvalue weighted by Crippen LogP contribution is 2.28. The van der Waals surface area contributed by atoms with Crippen molar-refractivity contribution in [3.8, 4) is 0 Å². The Kier molecular flexibility index (Phi) is 13.4. The lowest BCUT2D eigenvalue weighted by Gasteiger charge is -2.34. The fourth-order valence-corrected chi connectivity index (χ4v) is 4.64. The average Bonchev–Trinajstić information content (AvgIpc) is 3.15. The first-order chi connectivity index (χ1) is 14.3. The Morgan fingerprint density at radius 3 is 2.60 bits per heavy atom. The van der Waals surface area contributed by atoms with E-state index in [9.17, 15) is 14.7 Å². The Balaban J connectivity index is 2.89. The molecule has 0 aromatic carbocycles. The number of hydrogen-bond donors (Lipinski definition) is 5. The number of thioether (sulfide) groups is 1. The number of nitrogens with two attached hydrogens (primary N) is 1. The molecule has 1 fully saturated rings. The fourth-order valence-electron chi connectivity index (χ4n) is 4.04. The predicted molar refractivity (Wildman–Crippen MR) is 129 cm³/mol. The molecule has 0 aromatic heterocycles. The van der Waals surface area contributed by atoms with Crippen molar-refractivity contribution in [1.82, 2.24) is 15.5 Å². The normalized spacial score (nSPS) is 23.7. The van der Waals surface area contributed by atoms with Gasteiger partial charge in [-0.3, -0.25) is 9.69 Å². The standard InChI is InChI=1S/C21H42N4O3S2/c1-5-14(3)18(23-11-16(22)13-29)12-25-9-7-15(6-2)19(25)20(26)24-17(21(27)28)8-10-30-4/h14-19,23,29H,5-13,22H2,1-4H3,(H,24,26)(H,27,28)/t14-,15-,16+,17-,18+,19-/m0/s1. The fraction of sp³-hybridized carbons (Fsp3) is 0.905. The van der Waals surface area contributed by atoms with Crippen molar-refractivity contribution in [2.45, 2.75) is 70.6 Å². The number of likely N-dealkylation sites (tertiary alicyclic amines) is 1. The van der Waals surface area contributed by atoms with E-state index in [4.69, 9.17) is 5.73 Å². The van der Waals surface area contributed by atoms with Crippen molar-refractivity contribution in [1.29, 1.82) is 0 Å². The third kappa shape index (κ3) is 8.57. The summed E-state index contributed by atoms with van der Waals surface area (Å²) in [5.74, 6) is 0.901. The van der Waals surface area contributed by atoms with E-state index in [1.807, 2.05) is 6.26 Å².